The number of nitrogens with zero attached hydrogens (tertiary/aromatic N) is 1. The van der Waals surface area contributed by atoms with Crippen LogP contribution in [0.2, 0.25) is 0 Å². The van der Waals surface area contributed by atoms with Gasteiger partial charge in [0.25, 0.3) is 0 Å². The average Bonchev–Trinajstić information content (AvgIpc) is 3.28. The Morgan fingerprint density at radius 2 is 2.07 bits per heavy atom. The Morgan fingerprint density at radius 1 is 1.27 bits per heavy atom. The van der Waals surface area contributed by atoms with E-state index >= 15 is 4.39 Å². The lowest BCUT2D eigenvalue weighted by atomic mass is 10.0. The second-order valence-electron chi connectivity index (χ2n) is 11.1. The Hall–Kier alpha value is -2.81. The van der Waals surface area contributed by atoms with Crippen molar-refractivity contribution in [1.29, 1.82) is 0 Å². The highest BCUT2D eigenvalue weighted by Crippen LogP contribution is 2.40. The number of anilines is 2. The Morgan fingerprint density at radius 3 is 2.75 bits per heavy atom. The predicted octanol–water partition coefficient (Wildman–Crippen LogP) is 5.56. The van der Waals surface area contributed by atoms with E-state index in [0.717, 1.165) is 11.3 Å². The fourth-order valence-corrected chi connectivity index (χ4v) is 7.17. The van der Waals surface area contributed by atoms with E-state index in [-0.39, 0.29) is 48.1 Å². The van der Waals surface area contributed by atoms with E-state index in [9.17, 15) is 22.8 Å². The summed E-state index contributed by atoms with van der Waals surface area (Å²) >= 11 is 1.08. The number of fused-ring (bicyclic) bond motifs is 1. The molecule has 0 spiro atoms. The number of alkyl halides is 4. The van der Waals surface area contributed by atoms with Crippen molar-refractivity contribution in [3.63, 3.8) is 0 Å². The van der Waals surface area contributed by atoms with Crippen molar-refractivity contribution in [3.8, 4) is 17.6 Å². The Balaban J connectivity index is 1.56. The number of β-amino-alcohol motifs (C(OH)–C–C–N with tert-alkyl or cyclic N) is 1. The maximum absolute atomic E-state index is 15.2. The van der Waals surface area contributed by atoms with Gasteiger partial charge in [0, 0.05) is 32.0 Å². The van der Waals surface area contributed by atoms with E-state index in [0.29, 0.717) is 34.0 Å². The number of thiophene rings is 1. The van der Waals surface area contributed by atoms with Crippen LogP contribution in [0, 0.1) is 11.8 Å². The van der Waals surface area contributed by atoms with Gasteiger partial charge in [-0.1, -0.05) is 24.0 Å². The van der Waals surface area contributed by atoms with Gasteiger partial charge < -0.3 is 29.8 Å². The first-order valence-electron chi connectivity index (χ1n) is 15.5. The largest absolute Gasteiger partial charge is 0.495 e. The molecule has 3 unspecified atom stereocenters. The minimum absolute atomic E-state index is 0.0184. The lowest BCUT2D eigenvalue weighted by Crippen LogP contribution is -2.50. The smallest absolute Gasteiger partial charge is 0.393 e. The SMILES string of the molecule is [2H]C([2H])([2H])Oc1cc(P(C)(C)=O)ccc1NCC#Cc1sc2c(NC3CCN(CC(O)COC)CC3F)cccc2c1CC(F)(F)F. The molecule has 1 aliphatic rings. The number of hydrogen-bond acceptors (Lipinski definition) is 8. The monoisotopic (exact) mass is 658 g/mol. The molecule has 13 heteroatoms. The van der Waals surface area contributed by atoms with E-state index < -0.39 is 45.1 Å². The zero-order valence-corrected chi connectivity index (χ0v) is 26.3. The second-order valence-corrected chi connectivity index (χ2v) is 15.3. The molecular weight excluding hydrogens is 617 g/mol. The lowest BCUT2D eigenvalue weighted by Gasteiger charge is -2.36. The number of piperidine rings is 1. The molecule has 2 aromatic carbocycles. The summed E-state index contributed by atoms with van der Waals surface area (Å²) in [7, 11) is -4.01. The molecule has 3 N–H and O–H groups in total. The van der Waals surface area contributed by atoms with Crippen LogP contribution in [-0.2, 0) is 15.7 Å². The predicted molar refractivity (Wildman–Crippen MR) is 170 cm³/mol. The molecule has 0 bridgehead atoms. The molecule has 0 saturated carbocycles. The first kappa shape index (κ1) is 29.9. The summed E-state index contributed by atoms with van der Waals surface area (Å²) in [5.41, 5.74) is 0.800. The molecule has 0 radical (unpaired) electrons. The number of halogens is 4. The molecule has 0 amide bonds. The highest BCUT2D eigenvalue weighted by molar-refractivity contribution is 7.70. The summed E-state index contributed by atoms with van der Waals surface area (Å²) in [6, 6.07) is 8.85. The molecule has 240 valence electrons. The van der Waals surface area contributed by atoms with Crippen LogP contribution in [0.15, 0.2) is 36.4 Å². The quantitative estimate of drug-likeness (QED) is 0.142. The van der Waals surface area contributed by atoms with Crippen molar-refractivity contribution in [2.75, 3.05) is 70.9 Å². The summed E-state index contributed by atoms with van der Waals surface area (Å²) in [6.45, 7) is 4.07. The molecule has 0 aliphatic carbocycles. The number of likely N-dealkylation sites (tertiary alicyclic amines) is 1. The third-order valence-electron chi connectivity index (χ3n) is 7.26. The fraction of sp³-hybridized carbons (Fsp3) is 0.484. The highest BCUT2D eigenvalue weighted by Gasteiger charge is 2.33. The van der Waals surface area contributed by atoms with Crippen LogP contribution in [-0.4, -0.2) is 94.8 Å². The van der Waals surface area contributed by atoms with Crippen molar-refractivity contribution in [3.05, 3.63) is 46.8 Å². The van der Waals surface area contributed by atoms with Gasteiger partial charge in [-0.2, -0.15) is 13.2 Å². The second kappa shape index (κ2) is 14.5. The molecular formula is C31H38F4N3O4PS. The van der Waals surface area contributed by atoms with Crippen molar-refractivity contribution in [1.82, 2.24) is 4.90 Å². The number of hydrogen-bond donors (Lipinski definition) is 3. The highest BCUT2D eigenvalue weighted by atomic mass is 32.1. The van der Waals surface area contributed by atoms with Crippen molar-refractivity contribution in [2.24, 2.45) is 0 Å². The zero-order valence-electron chi connectivity index (χ0n) is 27.6. The number of methoxy groups -OCH3 is 2. The van der Waals surface area contributed by atoms with E-state index in [1.165, 1.54) is 19.2 Å². The molecule has 1 aliphatic heterocycles. The van der Waals surface area contributed by atoms with E-state index in [1.54, 1.807) is 37.6 Å². The summed E-state index contributed by atoms with van der Waals surface area (Å²) in [5, 5.41) is 16.9. The minimum atomic E-state index is -4.50. The first-order valence-corrected chi connectivity index (χ1v) is 17.4. The summed E-state index contributed by atoms with van der Waals surface area (Å²) < 4.78 is 102. The van der Waals surface area contributed by atoms with Crippen LogP contribution in [0.1, 0.15) is 21.0 Å². The van der Waals surface area contributed by atoms with Gasteiger partial charge in [0.05, 0.1) is 63.8 Å². The number of ether oxygens (including phenoxy) is 2. The lowest BCUT2D eigenvalue weighted by molar-refractivity contribution is -0.126. The summed E-state index contributed by atoms with van der Waals surface area (Å²) in [5.74, 6) is 5.62. The van der Waals surface area contributed by atoms with Gasteiger partial charge in [-0.05, 0) is 55.0 Å². The molecule has 4 rings (SSSR count). The van der Waals surface area contributed by atoms with Gasteiger partial charge in [0.1, 0.15) is 19.1 Å². The summed E-state index contributed by atoms with van der Waals surface area (Å²) in [4.78, 5) is 2.03. The van der Waals surface area contributed by atoms with Gasteiger partial charge in [-0.3, -0.25) is 4.90 Å². The zero-order chi connectivity index (χ0) is 34.6. The van der Waals surface area contributed by atoms with Gasteiger partial charge >= 0.3 is 6.18 Å². The maximum atomic E-state index is 15.2. The Bertz CT molecular complexity index is 1650. The van der Waals surface area contributed by atoms with Crippen molar-refractivity contribution in [2.45, 2.75) is 37.3 Å². The molecule has 1 saturated heterocycles. The number of nitrogens with one attached hydrogen (secondary N) is 2. The number of aliphatic hydroxyl groups is 1. The summed E-state index contributed by atoms with van der Waals surface area (Å²) in [6.07, 6.45) is -7.28. The topological polar surface area (TPSA) is 83.1 Å². The Kier molecular flexibility index (Phi) is 9.86. The van der Waals surface area contributed by atoms with Crippen LogP contribution < -0.4 is 20.7 Å². The molecule has 3 aromatic rings. The number of rotatable bonds is 11. The van der Waals surface area contributed by atoms with Crippen LogP contribution in [0.5, 0.6) is 5.75 Å². The molecule has 1 fully saturated rings. The molecule has 44 heavy (non-hydrogen) atoms. The van der Waals surface area contributed by atoms with Crippen LogP contribution >= 0.6 is 18.5 Å². The first-order chi connectivity index (χ1) is 21.9. The molecule has 7 nitrogen and oxygen atoms in total. The van der Waals surface area contributed by atoms with Crippen LogP contribution in [0.3, 0.4) is 0 Å². The van der Waals surface area contributed by atoms with E-state index in [2.05, 4.69) is 22.5 Å². The maximum Gasteiger partial charge on any atom is 0.393 e. The normalized spacial score (nSPS) is 19.8. The minimum Gasteiger partial charge on any atom is -0.495 e. The van der Waals surface area contributed by atoms with Gasteiger partial charge in [0.2, 0.25) is 0 Å². The van der Waals surface area contributed by atoms with Gasteiger partial charge in [0.15, 0.2) is 0 Å². The van der Waals surface area contributed by atoms with Crippen LogP contribution in [0.4, 0.5) is 28.9 Å². The molecule has 1 aromatic heterocycles. The number of aliphatic hydroxyl groups excluding tert-OH is 1. The van der Waals surface area contributed by atoms with Gasteiger partial charge in [-0.15, -0.1) is 11.3 Å². The average molecular weight is 659 g/mol. The van der Waals surface area contributed by atoms with Crippen LogP contribution in [0.25, 0.3) is 10.1 Å². The third-order valence-corrected chi connectivity index (χ3v) is 9.97. The molecule has 3 atom stereocenters. The fourth-order valence-electron chi connectivity index (χ4n) is 5.14. The third kappa shape index (κ3) is 8.89. The number of benzene rings is 2. The Labute approximate surface area is 263 Å². The van der Waals surface area contributed by atoms with Crippen molar-refractivity contribution < 1.29 is 40.8 Å². The van der Waals surface area contributed by atoms with E-state index in [4.69, 9.17) is 13.6 Å². The molecule has 2 heterocycles. The standard InChI is InChI=1S/C31H38F4N3O4PS/c1-41-19-20(39)17-38-14-12-25(24(32)18-38)37-27-8-5-7-22-23(16-31(33,34)35)29(44-30(22)27)9-6-13-36-26-11-10-21(43(3,4)40)15-28(26)42-2/h5,7-8,10-11,15,20,24-25,36-37,39H,12-14,16-19H2,1-4H3/i2D3. The van der Waals surface area contributed by atoms with Gasteiger partial charge in [-0.25, -0.2) is 4.39 Å². The van der Waals surface area contributed by atoms with Crippen molar-refractivity contribution >= 4 is 45.2 Å². The van der Waals surface area contributed by atoms with E-state index in [1.807, 2.05) is 4.90 Å².